The monoisotopic (exact) mass is 264 g/mol. The van der Waals surface area contributed by atoms with Gasteiger partial charge >= 0.3 is 0 Å². The molecule has 2 heterocycles. The fourth-order valence-electron chi connectivity index (χ4n) is 1.50. The second kappa shape index (κ2) is 4.86. The van der Waals surface area contributed by atoms with Crippen molar-refractivity contribution in [2.75, 3.05) is 5.32 Å². The number of anilines is 1. The molecule has 0 aromatic carbocycles. The Morgan fingerprint density at radius 2 is 2.22 bits per heavy atom. The lowest BCUT2D eigenvalue weighted by atomic mass is 9.90. The average Bonchev–Trinajstić information content (AvgIpc) is 2.86. The van der Waals surface area contributed by atoms with Crippen LogP contribution in [0.5, 0.6) is 0 Å². The van der Waals surface area contributed by atoms with Gasteiger partial charge in [0.15, 0.2) is 5.82 Å². The summed E-state index contributed by atoms with van der Waals surface area (Å²) < 4.78 is 13.4. The molecule has 0 atom stereocenters. The van der Waals surface area contributed by atoms with Crippen molar-refractivity contribution >= 4 is 22.9 Å². The number of halogens is 1. The van der Waals surface area contributed by atoms with Gasteiger partial charge < -0.3 is 5.32 Å². The standard InChI is InChI=1S/C13H13FN2OS/c1-13(2,11-4-3-7-18-11)12(17)16-10-5-6-15-8-9(10)14/h3-8H,1-2H3,(H,15,16,17). The second-order valence-electron chi connectivity index (χ2n) is 4.41. The molecule has 0 saturated carbocycles. The highest BCUT2D eigenvalue weighted by molar-refractivity contribution is 7.10. The van der Waals surface area contributed by atoms with Gasteiger partial charge in [-0.25, -0.2) is 4.39 Å². The Balaban J connectivity index is 2.21. The Labute approximate surface area is 109 Å². The summed E-state index contributed by atoms with van der Waals surface area (Å²) in [6.45, 7) is 3.63. The maximum absolute atomic E-state index is 13.4. The van der Waals surface area contributed by atoms with E-state index in [9.17, 15) is 9.18 Å². The highest BCUT2D eigenvalue weighted by Crippen LogP contribution is 2.29. The molecule has 0 radical (unpaired) electrons. The van der Waals surface area contributed by atoms with Crippen LogP contribution in [0.15, 0.2) is 36.0 Å². The van der Waals surface area contributed by atoms with Gasteiger partial charge in [0.2, 0.25) is 5.91 Å². The third kappa shape index (κ3) is 2.41. The van der Waals surface area contributed by atoms with Crippen molar-refractivity contribution in [2.24, 2.45) is 0 Å². The minimum Gasteiger partial charge on any atom is -0.323 e. The van der Waals surface area contributed by atoms with Gasteiger partial charge in [-0.2, -0.15) is 0 Å². The van der Waals surface area contributed by atoms with Gasteiger partial charge in [0, 0.05) is 11.1 Å². The molecule has 2 aromatic heterocycles. The molecule has 18 heavy (non-hydrogen) atoms. The summed E-state index contributed by atoms with van der Waals surface area (Å²) in [6, 6.07) is 5.23. The lowest BCUT2D eigenvalue weighted by Crippen LogP contribution is -2.34. The maximum atomic E-state index is 13.4. The third-order valence-electron chi connectivity index (χ3n) is 2.73. The number of hydrogen-bond donors (Lipinski definition) is 1. The highest BCUT2D eigenvalue weighted by atomic mass is 32.1. The average molecular weight is 264 g/mol. The summed E-state index contributed by atoms with van der Waals surface area (Å²) in [6.07, 6.45) is 2.52. The molecule has 2 rings (SSSR count). The molecule has 0 unspecified atom stereocenters. The van der Waals surface area contributed by atoms with Crippen LogP contribution >= 0.6 is 11.3 Å². The van der Waals surface area contributed by atoms with E-state index in [1.807, 2.05) is 31.4 Å². The van der Waals surface area contributed by atoms with E-state index >= 15 is 0 Å². The Morgan fingerprint density at radius 1 is 1.44 bits per heavy atom. The van der Waals surface area contributed by atoms with Crippen molar-refractivity contribution in [2.45, 2.75) is 19.3 Å². The van der Waals surface area contributed by atoms with Crippen LogP contribution in [0.25, 0.3) is 0 Å². The molecule has 1 amide bonds. The van der Waals surface area contributed by atoms with E-state index < -0.39 is 11.2 Å². The number of nitrogens with one attached hydrogen (secondary N) is 1. The minimum atomic E-state index is -0.691. The molecule has 5 heteroatoms. The van der Waals surface area contributed by atoms with E-state index in [-0.39, 0.29) is 11.6 Å². The van der Waals surface area contributed by atoms with Crippen LogP contribution in [0.4, 0.5) is 10.1 Å². The van der Waals surface area contributed by atoms with Crippen molar-refractivity contribution in [1.29, 1.82) is 0 Å². The first-order valence-corrected chi connectivity index (χ1v) is 6.35. The lowest BCUT2D eigenvalue weighted by molar-refractivity contribution is -0.120. The summed E-state index contributed by atoms with van der Waals surface area (Å²) >= 11 is 1.51. The van der Waals surface area contributed by atoms with Crippen molar-refractivity contribution in [3.05, 3.63) is 46.7 Å². The molecule has 0 aliphatic heterocycles. The van der Waals surface area contributed by atoms with Crippen LogP contribution in [-0.2, 0) is 10.2 Å². The number of nitrogens with zero attached hydrogens (tertiary/aromatic N) is 1. The van der Waals surface area contributed by atoms with Gasteiger partial charge in [0.05, 0.1) is 17.3 Å². The molecule has 1 N–H and O–H groups in total. The number of aromatic nitrogens is 1. The summed E-state index contributed by atoms with van der Waals surface area (Å²) in [5.41, 5.74) is -0.538. The number of amides is 1. The van der Waals surface area contributed by atoms with Gasteiger partial charge in [-0.15, -0.1) is 11.3 Å². The SMILES string of the molecule is CC(C)(C(=O)Nc1ccncc1F)c1cccs1. The van der Waals surface area contributed by atoms with Crippen LogP contribution in [0.3, 0.4) is 0 Å². The zero-order valence-electron chi connectivity index (χ0n) is 10.1. The topological polar surface area (TPSA) is 42.0 Å². The number of hydrogen-bond acceptors (Lipinski definition) is 3. The summed E-state index contributed by atoms with van der Waals surface area (Å²) in [5.74, 6) is -0.775. The zero-order chi connectivity index (χ0) is 13.2. The van der Waals surface area contributed by atoms with Crippen molar-refractivity contribution in [3.63, 3.8) is 0 Å². The molecule has 0 fully saturated rings. The number of carbonyl (C=O) groups excluding carboxylic acids is 1. The number of thiophene rings is 1. The predicted octanol–water partition coefficient (Wildman–Crippen LogP) is 3.20. The molecule has 94 valence electrons. The van der Waals surface area contributed by atoms with E-state index in [1.54, 1.807) is 0 Å². The lowest BCUT2D eigenvalue weighted by Gasteiger charge is -2.22. The number of rotatable bonds is 3. The van der Waals surface area contributed by atoms with E-state index in [0.29, 0.717) is 0 Å². The molecule has 2 aromatic rings. The van der Waals surface area contributed by atoms with E-state index in [1.165, 1.54) is 23.6 Å². The van der Waals surface area contributed by atoms with Crippen LogP contribution < -0.4 is 5.32 Å². The van der Waals surface area contributed by atoms with E-state index in [2.05, 4.69) is 10.3 Å². The Kier molecular flexibility index (Phi) is 3.43. The fourth-order valence-corrected chi connectivity index (χ4v) is 2.35. The molecule has 0 bridgehead atoms. The Morgan fingerprint density at radius 3 is 2.83 bits per heavy atom. The van der Waals surface area contributed by atoms with E-state index in [0.717, 1.165) is 11.1 Å². The van der Waals surface area contributed by atoms with Crippen LogP contribution in [0, 0.1) is 5.82 Å². The fraction of sp³-hybridized carbons (Fsp3) is 0.231. The van der Waals surface area contributed by atoms with Gasteiger partial charge in [-0.05, 0) is 31.4 Å². The first kappa shape index (κ1) is 12.7. The first-order chi connectivity index (χ1) is 8.51. The Hall–Kier alpha value is -1.75. The molecule has 0 aliphatic rings. The zero-order valence-corrected chi connectivity index (χ0v) is 10.9. The molecular weight excluding hydrogens is 251 g/mol. The van der Waals surface area contributed by atoms with Gasteiger partial charge in [0.25, 0.3) is 0 Å². The Bertz CT molecular complexity index is 552. The van der Waals surface area contributed by atoms with E-state index in [4.69, 9.17) is 0 Å². The third-order valence-corrected chi connectivity index (χ3v) is 3.92. The molecule has 3 nitrogen and oxygen atoms in total. The second-order valence-corrected chi connectivity index (χ2v) is 5.36. The van der Waals surface area contributed by atoms with Crippen LogP contribution in [0.2, 0.25) is 0 Å². The van der Waals surface area contributed by atoms with Crippen molar-refractivity contribution in [1.82, 2.24) is 4.98 Å². The molecule has 0 saturated heterocycles. The van der Waals surface area contributed by atoms with Gasteiger partial charge in [-0.3, -0.25) is 9.78 Å². The van der Waals surface area contributed by atoms with Gasteiger partial charge in [0.1, 0.15) is 0 Å². The minimum absolute atomic E-state index is 0.152. The highest BCUT2D eigenvalue weighted by Gasteiger charge is 2.31. The quantitative estimate of drug-likeness (QED) is 0.925. The first-order valence-electron chi connectivity index (χ1n) is 5.47. The summed E-state index contributed by atoms with van der Waals surface area (Å²) in [7, 11) is 0. The van der Waals surface area contributed by atoms with Crippen molar-refractivity contribution < 1.29 is 9.18 Å². The molecule has 0 aliphatic carbocycles. The molecule has 0 spiro atoms. The van der Waals surface area contributed by atoms with Crippen molar-refractivity contribution in [3.8, 4) is 0 Å². The predicted molar refractivity (Wildman–Crippen MR) is 70.2 cm³/mol. The van der Waals surface area contributed by atoms with Gasteiger partial charge in [-0.1, -0.05) is 6.07 Å². The maximum Gasteiger partial charge on any atom is 0.235 e. The summed E-state index contributed by atoms with van der Waals surface area (Å²) in [5, 5.41) is 4.51. The largest absolute Gasteiger partial charge is 0.323 e. The number of pyridine rings is 1. The van der Waals surface area contributed by atoms with Crippen LogP contribution in [0.1, 0.15) is 18.7 Å². The van der Waals surface area contributed by atoms with Crippen LogP contribution in [-0.4, -0.2) is 10.9 Å². The smallest absolute Gasteiger partial charge is 0.235 e. The normalized spacial score (nSPS) is 11.3. The number of carbonyl (C=O) groups is 1. The summed E-state index contributed by atoms with van der Waals surface area (Å²) in [4.78, 5) is 16.8. The molecular formula is C13H13FN2OS.